The number of benzene rings is 2. The highest BCUT2D eigenvalue weighted by molar-refractivity contribution is 7.10. The summed E-state index contributed by atoms with van der Waals surface area (Å²) in [5.41, 5.74) is 2.63. The Balaban J connectivity index is 1.61. The Morgan fingerprint density at radius 1 is 1.00 bits per heavy atom. The predicted octanol–water partition coefficient (Wildman–Crippen LogP) is 5.07. The molecule has 1 aromatic heterocycles. The number of rotatable bonds is 7. The lowest BCUT2D eigenvalue weighted by Crippen LogP contribution is -2.13. The molecule has 0 saturated heterocycles. The molecule has 2 N–H and O–H groups in total. The molecule has 1 heterocycles. The van der Waals surface area contributed by atoms with Crippen molar-refractivity contribution < 1.29 is 9.53 Å². The highest BCUT2D eigenvalue weighted by atomic mass is 32.1. The maximum Gasteiger partial charge on any atom is 0.229 e. The number of ether oxygens (including phenoxy) is 1. The summed E-state index contributed by atoms with van der Waals surface area (Å²) >= 11 is 1.59. The second-order valence-corrected chi connectivity index (χ2v) is 6.47. The molecule has 3 aromatic rings. The highest BCUT2D eigenvalue weighted by Gasteiger charge is 2.06. The van der Waals surface area contributed by atoms with Gasteiger partial charge in [-0.1, -0.05) is 18.2 Å². The van der Waals surface area contributed by atoms with E-state index in [1.54, 1.807) is 11.3 Å². The first-order valence-electron chi connectivity index (χ1n) is 8.16. The number of para-hydroxylation sites is 2. The van der Waals surface area contributed by atoms with Gasteiger partial charge in [0.1, 0.15) is 5.75 Å². The number of amides is 1. The summed E-state index contributed by atoms with van der Waals surface area (Å²) in [6, 6.07) is 19.4. The lowest BCUT2D eigenvalue weighted by molar-refractivity contribution is -0.115. The van der Waals surface area contributed by atoms with Crippen molar-refractivity contribution in [1.82, 2.24) is 0 Å². The van der Waals surface area contributed by atoms with Gasteiger partial charge < -0.3 is 15.4 Å². The fourth-order valence-corrected chi connectivity index (χ4v) is 3.12. The number of nitrogens with one attached hydrogen (secondary N) is 2. The monoisotopic (exact) mass is 352 g/mol. The minimum atomic E-state index is -0.00940. The normalized spacial score (nSPS) is 10.3. The second-order valence-electron chi connectivity index (χ2n) is 5.44. The summed E-state index contributed by atoms with van der Waals surface area (Å²) in [4.78, 5) is 13.1. The van der Waals surface area contributed by atoms with Crippen LogP contribution in [0, 0.1) is 0 Å². The number of anilines is 3. The topological polar surface area (TPSA) is 50.4 Å². The number of carbonyl (C=O) groups excluding carboxylic acids is 1. The van der Waals surface area contributed by atoms with Crippen LogP contribution in [-0.4, -0.2) is 12.5 Å². The summed E-state index contributed by atoms with van der Waals surface area (Å²) in [6.07, 6.45) is 0.402. The molecule has 0 radical (unpaired) electrons. The Morgan fingerprint density at radius 2 is 1.76 bits per heavy atom. The Labute approximate surface area is 151 Å². The van der Waals surface area contributed by atoms with Crippen molar-refractivity contribution >= 4 is 34.3 Å². The SMILES string of the molecule is CCOc1ccccc1Nc1ccc(NC(=O)Cc2cccs2)cc1. The standard InChI is InChI=1S/C20H20N2O2S/c1-2-24-19-8-4-3-7-18(19)21-15-9-11-16(12-10-15)22-20(23)14-17-6-5-13-25-17/h3-13,21H,2,14H2,1H3,(H,22,23). The summed E-state index contributed by atoms with van der Waals surface area (Å²) in [7, 11) is 0. The van der Waals surface area contributed by atoms with Crippen LogP contribution in [0.4, 0.5) is 17.1 Å². The summed E-state index contributed by atoms with van der Waals surface area (Å²) < 4.78 is 5.62. The second kappa shape index (κ2) is 8.35. The van der Waals surface area contributed by atoms with Crippen LogP contribution >= 0.6 is 11.3 Å². The van der Waals surface area contributed by atoms with Crippen molar-refractivity contribution in [2.45, 2.75) is 13.3 Å². The van der Waals surface area contributed by atoms with E-state index in [1.165, 1.54) is 0 Å². The molecule has 0 aliphatic heterocycles. The van der Waals surface area contributed by atoms with E-state index in [1.807, 2.05) is 73.0 Å². The number of thiophene rings is 1. The van der Waals surface area contributed by atoms with E-state index >= 15 is 0 Å². The van der Waals surface area contributed by atoms with Gasteiger partial charge in [-0.25, -0.2) is 0 Å². The van der Waals surface area contributed by atoms with E-state index in [4.69, 9.17) is 4.74 Å². The van der Waals surface area contributed by atoms with Gasteiger partial charge in [-0.2, -0.15) is 0 Å². The van der Waals surface area contributed by atoms with Gasteiger partial charge in [-0.15, -0.1) is 11.3 Å². The van der Waals surface area contributed by atoms with E-state index in [0.29, 0.717) is 13.0 Å². The van der Waals surface area contributed by atoms with Gasteiger partial charge in [0.25, 0.3) is 0 Å². The van der Waals surface area contributed by atoms with E-state index in [2.05, 4.69) is 10.6 Å². The smallest absolute Gasteiger partial charge is 0.229 e. The summed E-state index contributed by atoms with van der Waals surface area (Å²) in [5, 5.41) is 8.23. The zero-order valence-electron chi connectivity index (χ0n) is 14.0. The molecule has 25 heavy (non-hydrogen) atoms. The van der Waals surface area contributed by atoms with E-state index in [9.17, 15) is 4.79 Å². The highest BCUT2D eigenvalue weighted by Crippen LogP contribution is 2.28. The Morgan fingerprint density at radius 3 is 2.48 bits per heavy atom. The van der Waals surface area contributed by atoms with Gasteiger partial charge >= 0.3 is 0 Å². The third-order valence-electron chi connectivity index (χ3n) is 3.55. The number of hydrogen-bond donors (Lipinski definition) is 2. The zero-order chi connectivity index (χ0) is 17.5. The third kappa shape index (κ3) is 4.84. The third-order valence-corrected chi connectivity index (χ3v) is 4.43. The van der Waals surface area contributed by atoms with Gasteiger partial charge in [0.15, 0.2) is 0 Å². The van der Waals surface area contributed by atoms with Crippen molar-refractivity contribution in [3.8, 4) is 5.75 Å². The lowest BCUT2D eigenvalue weighted by Gasteiger charge is -2.12. The van der Waals surface area contributed by atoms with Crippen LogP contribution in [0.2, 0.25) is 0 Å². The largest absolute Gasteiger partial charge is 0.492 e. The molecule has 3 rings (SSSR count). The van der Waals surface area contributed by atoms with Crippen molar-refractivity contribution in [1.29, 1.82) is 0 Å². The van der Waals surface area contributed by atoms with Crippen LogP contribution in [-0.2, 0) is 11.2 Å². The van der Waals surface area contributed by atoms with E-state index in [-0.39, 0.29) is 5.91 Å². The first-order valence-corrected chi connectivity index (χ1v) is 9.03. The van der Waals surface area contributed by atoms with Crippen LogP contribution in [0.15, 0.2) is 66.0 Å². The van der Waals surface area contributed by atoms with Crippen molar-refractivity contribution in [3.63, 3.8) is 0 Å². The van der Waals surface area contributed by atoms with Gasteiger partial charge in [-0.3, -0.25) is 4.79 Å². The van der Waals surface area contributed by atoms with Crippen molar-refractivity contribution in [2.24, 2.45) is 0 Å². The molecule has 5 heteroatoms. The molecule has 0 bridgehead atoms. The molecule has 0 aliphatic rings. The number of carbonyl (C=O) groups is 1. The van der Waals surface area contributed by atoms with Gasteiger partial charge in [0.2, 0.25) is 5.91 Å². The molecule has 0 saturated carbocycles. The molecule has 0 spiro atoms. The minimum Gasteiger partial charge on any atom is -0.492 e. The molecular weight excluding hydrogens is 332 g/mol. The average molecular weight is 352 g/mol. The lowest BCUT2D eigenvalue weighted by atomic mass is 10.2. The first-order chi connectivity index (χ1) is 12.2. The molecule has 2 aromatic carbocycles. The van der Waals surface area contributed by atoms with Crippen LogP contribution in [0.3, 0.4) is 0 Å². The quantitative estimate of drug-likeness (QED) is 0.624. The Bertz CT molecular complexity index is 814. The van der Waals surface area contributed by atoms with E-state index < -0.39 is 0 Å². The van der Waals surface area contributed by atoms with Crippen LogP contribution in [0.5, 0.6) is 5.75 Å². The fourth-order valence-electron chi connectivity index (χ4n) is 2.42. The molecule has 0 fully saturated rings. The molecule has 0 unspecified atom stereocenters. The van der Waals surface area contributed by atoms with Crippen molar-refractivity contribution in [2.75, 3.05) is 17.2 Å². The van der Waals surface area contributed by atoms with Crippen LogP contribution in [0.25, 0.3) is 0 Å². The molecular formula is C20H20N2O2S. The van der Waals surface area contributed by atoms with Crippen LogP contribution < -0.4 is 15.4 Å². The molecule has 4 nitrogen and oxygen atoms in total. The van der Waals surface area contributed by atoms with Gasteiger partial charge in [-0.05, 0) is 54.8 Å². The number of hydrogen-bond acceptors (Lipinski definition) is 4. The summed E-state index contributed by atoms with van der Waals surface area (Å²) in [6.45, 7) is 2.58. The average Bonchev–Trinajstić information content (AvgIpc) is 3.11. The zero-order valence-corrected chi connectivity index (χ0v) is 14.8. The Hall–Kier alpha value is -2.79. The minimum absolute atomic E-state index is 0.00940. The fraction of sp³-hybridized carbons (Fsp3) is 0.150. The van der Waals surface area contributed by atoms with Crippen LogP contribution in [0.1, 0.15) is 11.8 Å². The molecule has 128 valence electrons. The maximum atomic E-state index is 12.0. The molecule has 1 amide bonds. The van der Waals surface area contributed by atoms with Gasteiger partial charge in [0, 0.05) is 16.3 Å². The predicted molar refractivity (Wildman–Crippen MR) is 104 cm³/mol. The van der Waals surface area contributed by atoms with E-state index in [0.717, 1.165) is 27.7 Å². The maximum absolute atomic E-state index is 12.0. The molecule has 0 aliphatic carbocycles. The molecule has 0 atom stereocenters. The Kier molecular flexibility index (Phi) is 5.69. The summed E-state index contributed by atoms with van der Waals surface area (Å²) in [5.74, 6) is 0.808. The first kappa shape index (κ1) is 17.0. The van der Waals surface area contributed by atoms with Crippen molar-refractivity contribution in [3.05, 3.63) is 70.9 Å². The van der Waals surface area contributed by atoms with Gasteiger partial charge in [0.05, 0.1) is 18.7 Å².